The first-order chi connectivity index (χ1) is 5.65. The Morgan fingerprint density at radius 1 is 1.58 bits per heavy atom. The van der Waals surface area contributed by atoms with Crippen LogP contribution in [0.25, 0.3) is 0 Å². The van der Waals surface area contributed by atoms with Crippen molar-refractivity contribution in [2.45, 2.75) is 25.3 Å². The Balaban J connectivity index is 2.35. The summed E-state index contributed by atoms with van der Waals surface area (Å²) in [5.41, 5.74) is 0. The van der Waals surface area contributed by atoms with Crippen molar-refractivity contribution >= 4 is 11.6 Å². The number of likely N-dealkylation sites (tertiary alicyclic amines) is 1. The summed E-state index contributed by atoms with van der Waals surface area (Å²) >= 11 is 6.12. The molecule has 1 fully saturated rings. The van der Waals surface area contributed by atoms with Crippen LogP contribution in [0.1, 0.15) is 13.8 Å². The molecule has 0 amide bonds. The molecule has 3 heteroatoms. The molecular formula is C9H18ClNO. The molecular weight excluding hydrogens is 174 g/mol. The Morgan fingerprint density at radius 3 is 2.67 bits per heavy atom. The van der Waals surface area contributed by atoms with Crippen LogP contribution in [0, 0.1) is 5.92 Å². The van der Waals surface area contributed by atoms with E-state index in [9.17, 15) is 0 Å². The molecule has 3 unspecified atom stereocenters. The minimum Gasteiger partial charge on any atom is -0.383 e. The molecule has 0 bridgehead atoms. The molecule has 0 aromatic carbocycles. The van der Waals surface area contributed by atoms with Gasteiger partial charge in [0.2, 0.25) is 0 Å². The minimum atomic E-state index is 0.323. The molecule has 0 aliphatic carbocycles. The first kappa shape index (κ1) is 10.3. The zero-order valence-electron chi connectivity index (χ0n) is 8.09. The van der Waals surface area contributed by atoms with E-state index in [2.05, 4.69) is 18.7 Å². The van der Waals surface area contributed by atoms with Crippen molar-refractivity contribution in [1.82, 2.24) is 4.90 Å². The summed E-state index contributed by atoms with van der Waals surface area (Å²) in [7, 11) is 1.74. The largest absolute Gasteiger partial charge is 0.383 e. The van der Waals surface area contributed by atoms with Crippen LogP contribution in [0.2, 0.25) is 0 Å². The van der Waals surface area contributed by atoms with Gasteiger partial charge >= 0.3 is 0 Å². The van der Waals surface area contributed by atoms with E-state index in [1.165, 1.54) is 0 Å². The first-order valence-corrected chi connectivity index (χ1v) is 4.96. The topological polar surface area (TPSA) is 12.5 Å². The third-order valence-electron chi connectivity index (χ3n) is 2.58. The van der Waals surface area contributed by atoms with Gasteiger partial charge in [-0.3, -0.25) is 4.90 Å². The number of nitrogens with zero attached hydrogens (tertiary/aromatic N) is 1. The van der Waals surface area contributed by atoms with Crippen molar-refractivity contribution in [1.29, 1.82) is 0 Å². The Labute approximate surface area is 79.8 Å². The average molecular weight is 192 g/mol. The highest BCUT2D eigenvalue weighted by atomic mass is 35.5. The molecule has 2 nitrogen and oxygen atoms in total. The van der Waals surface area contributed by atoms with E-state index in [1.807, 2.05) is 0 Å². The number of hydrogen-bond donors (Lipinski definition) is 0. The maximum absolute atomic E-state index is 6.12. The molecule has 1 heterocycles. The molecule has 12 heavy (non-hydrogen) atoms. The quantitative estimate of drug-likeness (QED) is 0.629. The van der Waals surface area contributed by atoms with E-state index in [-0.39, 0.29) is 0 Å². The molecule has 0 aromatic rings. The molecule has 0 N–H and O–H groups in total. The summed E-state index contributed by atoms with van der Waals surface area (Å²) in [6.45, 7) is 7.31. The van der Waals surface area contributed by atoms with Crippen LogP contribution in [0.3, 0.4) is 0 Å². The maximum Gasteiger partial charge on any atom is 0.0615 e. The Kier molecular flexibility index (Phi) is 3.81. The summed E-state index contributed by atoms with van der Waals surface area (Å²) in [6.07, 6.45) is 0. The molecule has 3 atom stereocenters. The van der Waals surface area contributed by atoms with Gasteiger partial charge in [-0.15, -0.1) is 11.6 Å². The molecule has 1 rings (SSSR count). The summed E-state index contributed by atoms with van der Waals surface area (Å²) in [5.74, 6) is 0.617. The van der Waals surface area contributed by atoms with Gasteiger partial charge in [0.1, 0.15) is 0 Å². The Morgan fingerprint density at radius 2 is 2.25 bits per heavy atom. The zero-order chi connectivity index (χ0) is 9.14. The lowest BCUT2D eigenvalue weighted by molar-refractivity contribution is 0.113. The van der Waals surface area contributed by atoms with E-state index in [4.69, 9.17) is 16.3 Å². The highest BCUT2D eigenvalue weighted by Gasteiger charge is 2.30. The molecule has 0 aromatic heterocycles. The van der Waals surface area contributed by atoms with E-state index < -0.39 is 0 Å². The van der Waals surface area contributed by atoms with Gasteiger partial charge in [-0.05, 0) is 12.8 Å². The van der Waals surface area contributed by atoms with E-state index in [0.29, 0.717) is 17.3 Å². The van der Waals surface area contributed by atoms with Gasteiger partial charge in [-0.1, -0.05) is 6.92 Å². The van der Waals surface area contributed by atoms with Crippen molar-refractivity contribution < 1.29 is 4.74 Å². The number of ether oxygens (including phenoxy) is 1. The van der Waals surface area contributed by atoms with Gasteiger partial charge < -0.3 is 4.74 Å². The second-order valence-electron chi connectivity index (χ2n) is 3.75. The zero-order valence-corrected chi connectivity index (χ0v) is 8.84. The second kappa shape index (κ2) is 4.45. The summed E-state index contributed by atoms with van der Waals surface area (Å²) < 4.78 is 5.10. The maximum atomic E-state index is 6.12. The molecule has 1 aliphatic heterocycles. The van der Waals surface area contributed by atoms with Crippen LogP contribution in [-0.2, 0) is 4.74 Å². The van der Waals surface area contributed by atoms with Crippen molar-refractivity contribution in [2.75, 3.05) is 26.8 Å². The summed E-state index contributed by atoms with van der Waals surface area (Å²) in [4.78, 5) is 2.39. The Bertz CT molecular complexity index is 132. The molecule has 1 aliphatic rings. The van der Waals surface area contributed by atoms with E-state index >= 15 is 0 Å². The number of rotatable bonds is 3. The minimum absolute atomic E-state index is 0.323. The monoisotopic (exact) mass is 191 g/mol. The number of methoxy groups -OCH3 is 1. The lowest BCUT2D eigenvalue weighted by Gasteiger charge is -2.22. The highest BCUT2D eigenvalue weighted by molar-refractivity contribution is 6.21. The lowest BCUT2D eigenvalue weighted by Crippen LogP contribution is -2.34. The summed E-state index contributed by atoms with van der Waals surface area (Å²) in [6, 6.07) is 0.501. The first-order valence-electron chi connectivity index (χ1n) is 4.52. The van der Waals surface area contributed by atoms with Gasteiger partial charge in [0.25, 0.3) is 0 Å². The van der Waals surface area contributed by atoms with E-state index in [0.717, 1.165) is 19.7 Å². The second-order valence-corrected chi connectivity index (χ2v) is 4.31. The van der Waals surface area contributed by atoms with Gasteiger partial charge in [0.15, 0.2) is 0 Å². The van der Waals surface area contributed by atoms with Crippen LogP contribution in [0.4, 0.5) is 0 Å². The smallest absolute Gasteiger partial charge is 0.0615 e. The van der Waals surface area contributed by atoms with Gasteiger partial charge in [-0.25, -0.2) is 0 Å². The number of halogens is 1. The molecule has 0 radical (unpaired) electrons. The molecule has 0 saturated carbocycles. The Hall–Kier alpha value is 0.210. The fraction of sp³-hybridized carbons (Fsp3) is 1.00. The van der Waals surface area contributed by atoms with Crippen LogP contribution in [-0.4, -0.2) is 43.1 Å². The lowest BCUT2D eigenvalue weighted by atomic mass is 10.1. The van der Waals surface area contributed by atoms with Crippen LogP contribution < -0.4 is 0 Å². The fourth-order valence-electron chi connectivity index (χ4n) is 1.67. The van der Waals surface area contributed by atoms with Crippen molar-refractivity contribution in [2.24, 2.45) is 5.92 Å². The van der Waals surface area contributed by atoms with Crippen LogP contribution in [0.15, 0.2) is 0 Å². The number of hydrogen-bond acceptors (Lipinski definition) is 2. The average Bonchev–Trinajstić information content (AvgIpc) is 2.33. The van der Waals surface area contributed by atoms with Crippen molar-refractivity contribution in [3.05, 3.63) is 0 Å². The summed E-state index contributed by atoms with van der Waals surface area (Å²) in [5, 5.41) is 0.323. The fourth-order valence-corrected chi connectivity index (χ4v) is 1.93. The van der Waals surface area contributed by atoms with E-state index in [1.54, 1.807) is 7.11 Å². The third-order valence-corrected chi connectivity index (χ3v) is 3.15. The molecule has 1 saturated heterocycles. The van der Waals surface area contributed by atoms with Gasteiger partial charge in [0.05, 0.1) is 12.0 Å². The van der Waals surface area contributed by atoms with Crippen LogP contribution >= 0.6 is 11.6 Å². The standard InChI is InChI=1S/C9H18ClNO/c1-7-4-11(5-9(7)10)8(2)6-12-3/h7-9H,4-6H2,1-3H3. The number of alkyl halides is 1. The van der Waals surface area contributed by atoms with Gasteiger partial charge in [0, 0.05) is 26.2 Å². The predicted octanol–water partition coefficient (Wildman–Crippen LogP) is 1.58. The molecule has 72 valence electrons. The highest BCUT2D eigenvalue weighted by Crippen LogP contribution is 2.22. The molecule has 0 spiro atoms. The van der Waals surface area contributed by atoms with Gasteiger partial charge in [-0.2, -0.15) is 0 Å². The predicted molar refractivity (Wildman–Crippen MR) is 51.7 cm³/mol. The SMILES string of the molecule is COCC(C)N1CC(C)C(Cl)C1. The van der Waals surface area contributed by atoms with Crippen LogP contribution in [0.5, 0.6) is 0 Å². The third kappa shape index (κ3) is 2.35. The normalized spacial score (nSPS) is 34.0. The van der Waals surface area contributed by atoms with Crippen molar-refractivity contribution in [3.8, 4) is 0 Å². The van der Waals surface area contributed by atoms with Crippen molar-refractivity contribution in [3.63, 3.8) is 0 Å².